The molecule has 0 spiro atoms. The zero-order valence-corrected chi connectivity index (χ0v) is 14.1. The number of nitrogens with one attached hydrogen (secondary N) is 1. The Labute approximate surface area is 131 Å². The minimum atomic E-state index is -0.256. The molecular formula is C12H10Br2N2O2S. The lowest BCUT2D eigenvalue weighted by atomic mass is 10.2. The maximum atomic E-state index is 12.2. The van der Waals surface area contributed by atoms with Crippen LogP contribution in [0, 0.1) is 6.92 Å². The van der Waals surface area contributed by atoms with Crippen molar-refractivity contribution in [2.24, 2.45) is 0 Å². The third kappa shape index (κ3) is 3.34. The number of aromatic nitrogens is 1. The van der Waals surface area contributed by atoms with E-state index >= 15 is 0 Å². The summed E-state index contributed by atoms with van der Waals surface area (Å²) in [6, 6.07) is 3.53. The number of rotatable bonds is 3. The van der Waals surface area contributed by atoms with Crippen LogP contribution in [0.15, 0.2) is 26.5 Å². The van der Waals surface area contributed by atoms with Crippen LogP contribution in [0.25, 0.3) is 0 Å². The zero-order valence-electron chi connectivity index (χ0n) is 10.2. The molecule has 0 bridgehead atoms. The first-order valence-electron chi connectivity index (χ1n) is 5.27. The van der Waals surface area contributed by atoms with Gasteiger partial charge in [-0.05, 0) is 35.0 Å². The average Bonchev–Trinajstić information content (AvgIpc) is 2.73. The van der Waals surface area contributed by atoms with Gasteiger partial charge in [0.2, 0.25) is 0 Å². The Bertz CT molecular complexity index is 628. The maximum absolute atomic E-state index is 12.2. The Kier molecular flexibility index (Phi) is 4.59. The Morgan fingerprint density at radius 1 is 1.42 bits per heavy atom. The highest BCUT2D eigenvalue weighted by Crippen LogP contribution is 2.33. The quantitative estimate of drug-likeness (QED) is 0.830. The van der Waals surface area contributed by atoms with Crippen molar-refractivity contribution in [2.75, 3.05) is 12.4 Å². The van der Waals surface area contributed by atoms with E-state index in [0.29, 0.717) is 20.9 Å². The molecule has 19 heavy (non-hydrogen) atoms. The van der Waals surface area contributed by atoms with E-state index in [1.165, 1.54) is 18.4 Å². The number of carbonyl (C=O) groups excluding carboxylic acids is 1. The average molecular weight is 406 g/mol. The number of hydrogen-bond acceptors (Lipinski definition) is 4. The molecule has 0 unspecified atom stereocenters. The highest BCUT2D eigenvalue weighted by molar-refractivity contribution is 9.11. The van der Waals surface area contributed by atoms with Crippen molar-refractivity contribution in [3.63, 3.8) is 0 Å². The van der Waals surface area contributed by atoms with Crippen LogP contribution in [0.3, 0.4) is 0 Å². The highest BCUT2D eigenvalue weighted by Gasteiger charge is 2.17. The number of nitrogens with zero attached hydrogens (tertiary/aromatic N) is 1. The van der Waals surface area contributed by atoms with Gasteiger partial charge in [0.15, 0.2) is 5.13 Å². The molecule has 1 amide bonds. The number of hydrogen-bond donors (Lipinski definition) is 1. The van der Waals surface area contributed by atoms with Crippen molar-refractivity contribution in [3.05, 3.63) is 37.7 Å². The number of benzene rings is 1. The lowest BCUT2D eigenvalue weighted by molar-refractivity contribution is 0.102. The van der Waals surface area contributed by atoms with Gasteiger partial charge in [-0.3, -0.25) is 10.1 Å². The molecule has 4 nitrogen and oxygen atoms in total. The summed E-state index contributed by atoms with van der Waals surface area (Å²) >= 11 is 8.11. The molecular weight excluding hydrogens is 396 g/mol. The van der Waals surface area contributed by atoms with Crippen molar-refractivity contribution in [2.45, 2.75) is 6.92 Å². The SMILES string of the molecule is COc1c(Br)cc(Br)cc1C(=O)Nc1nc(C)cs1. The topological polar surface area (TPSA) is 51.2 Å². The molecule has 0 aliphatic heterocycles. The van der Waals surface area contributed by atoms with Crippen LogP contribution in [-0.2, 0) is 0 Å². The summed E-state index contributed by atoms with van der Waals surface area (Å²) < 4.78 is 6.75. The Balaban J connectivity index is 2.33. The van der Waals surface area contributed by atoms with E-state index in [0.717, 1.165) is 10.2 Å². The van der Waals surface area contributed by atoms with Crippen molar-refractivity contribution in [1.29, 1.82) is 0 Å². The molecule has 1 aromatic carbocycles. The molecule has 1 N–H and O–H groups in total. The lowest BCUT2D eigenvalue weighted by Crippen LogP contribution is -2.13. The maximum Gasteiger partial charge on any atom is 0.261 e. The molecule has 0 fully saturated rings. The molecule has 0 radical (unpaired) electrons. The molecule has 1 heterocycles. The molecule has 2 aromatic rings. The number of anilines is 1. The number of thiazole rings is 1. The molecule has 0 aliphatic rings. The lowest BCUT2D eigenvalue weighted by Gasteiger charge is -2.10. The summed E-state index contributed by atoms with van der Waals surface area (Å²) in [6.07, 6.45) is 0. The normalized spacial score (nSPS) is 10.3. The number of ether oxygens (including phenoxy) is 1. The van der Waals surface area contributed by atoms with Crippen LogP contribution in [0.4, 0.5) is 5.13 Å². The summed E-state index contributed by atoms with van der Waals surface area (Å²) in [5.41, 5.74) is 1.32. The van der Waals surface area contributed by atoms with Crippen molar-refractivity contribution in [1.82, 2.24) is 4.98 Å². The number of amides is 1. The minimum absolute atomic E-state index is 0.256. The Morgan fingerprint density at radius 2 is 2.16 bits per heavy atom. The van der Waals surface area contributed by atoms with Gasteiger partial charge in [-0.2, -0.15) is 0 Å². The predicted molar refractivity (Wildman–Crippen MR) is 83.2 cm³/mol. The summed E-state index contributed by atoms with van der Waals surface area (Å²) in [4.78, 5) is 16.4. The fourth-order valence-electron chi connectivity index (χ4n) is 1.51. The molecule has 0 saturated heterocycles. The van der Waals surface area contributed by atoms with Gasteiger partial charge in [0.25, 0.3) is 5.91 Å². The van der Waals surface area contributed by atoms with Gasteiger partial charge in [-0.15, -0.1) is 11.3 Å². The van der Waals surface area contributed by atoms with E-state index in [1.807, 2.05) is 18.4 Å². The molecule has 0 atom stereocenters. The van der Waals surface area contributed by atoms with Gasteiger partial charge in [0.1, 0.15) is 5.75 Å². The summed E-state index contributed by atoms with van der Waals surface area (Å²) in [6.45, 7) is 1.88. The fourth-order valence-corrected chi connectivity index (χ4v) is 3.58. The minimum Gasteiger partial charge on any atom is -0.495 e. The second-order valence-electron chi connectivity index (χ2n) is 3.72. The van der Waals surface area contributed by atoms with Crippen LogP contribution in [0.1, 0.15) is 16.1 Å². The van der Waals surface area contributed by atoms with E-state index in [1.54, 1.807) is 6.07 Å². The van der Waals surface area contributed by atoms with Gasteiger partial charge in [-0.25, -0.2) is 4.98 Å². The van der Waals surface area contributed by atoms with Gasteiger partial charge in [-0.1, -0.05) is 15.9 Å². The molecule has 2 rings (SSSR count). The van der Waals surface area contributed by atoms with Crippen molar-refractivity contribution >= 4 is 54.2 Å². The van der Waals surface area contributed by atoms with E-state index in [-0.39, 0.29) is 5.91 Å². The second-order valence-corrected chi connectivity index (χ2v) is 6.34. The molecule has 0 aliphatic carbocycles. The van der Waals surface area contributed by atoms with E-state index in [4.69, 9.17) is 4.74 Å². The van der Waals surface area contributed by atoms with E-state index < -0.39 is 0 Å². The Morgan fingerprint density at radius 3 is 2.74 bits per heavy atom. The third-order valence-electron chi connectivity index (χ3n) is 2.30. The van der Waals surface area contributed by atoms with Gasteiger partial charge in [0.05, 0.1) is 22.8 Å². The van der Waals surface area contributed by atoms with Crippen LogP contribution < -0.4 is 10.1 Å². The molecule has 1 aromatic heterocycles. The van der Waals surface area contributed by atoms with Crippen molar-refractivity contribution in [3.8, 4) is 5.75 Å². The van der Waals surface area contributed by atoms with Crippen LogP contribution in [-0.4, -0.2) is 18.0 Å². The summed E-state index contributed by atoms with van der Waals surface area (Å²) in [7, 11) is 1.53. The predicted octanol–water partition coefficient (Wildman–Crippen LogP) is 4.24. The molecule has 100 valence electrons. The zero-order chi connectivity index (χ0) is 14.0. The first kappa shape index (κ1) is 14.5. The van der Waals surface area contributed by atoms with Gasteiger partial charge < -0.3 is 4.74 Å². The number of halogens is 2. The van der Waals surface area contributed by atoms with Crippen LogP contribution >= 0.6 is 43.2 Å². The monoisotopic (exact) mass is 404 g/mol. The second kappa shape index (κ2) is 6.02. The van der Waals surface area contributed by atoms with Gasteiger partial charge >= 0.3 is 0 Å². The number of carbonyl (C=O) groups is 1. The smallest absolute Gasteiger partial charge is 0.261 e. The third-order valence-corrected chi connectivity index (χ3v) is 4.22. The summed E-state index contributed by atoms with van der Waals surface area (Å²) in [5.74, 6) is 0.238. The first-order valence-corrected chi connectivity index (χ1v) is 7.74. The van der Waals surface area contributed by atoms with E-state index in [2.05, 4.69) is 42.2 Å². The summed E-state index contributed by atoms with van der Waals surface area (Å²) in [5, 5.41) is 5.20. The van der Waals surface area contributed by atoms with E-state index in [9.17, 15) is 4.79 Å². The number of aryl methyl sites for hydroxylation is 1. The molecule has 7 heteroatoms. The molecule has 0 saturated carbocycles. The van der Waals surface area contributed by atoms with Crippen LogP contribution in [0.5, 0.6) is 5.75 Å². The van der Waals surface area contributed by atoms with Gasteiger partial charge in [0, 0.05) is 9.85 Å². The Hall–Kier alpha value is -0.920. The first-order chi connectivity index (χ1) is 9.01. The highest BCUT2D eigenvalue weighted by atomic mass is 79.9. The van der Waals surface area contributed by atoms with Crippen molar-refractivity contribution < 1.29 is 9.53 Å². The van der Waals surface area contributed by atoms with Crippen LogP contribution in [0.2, 0.25) is 0 Å². The fraction of sp³-hybridized carbons (Fsp3) is 0.167. The number of methoxy groups -OCH3 is 1. The largest absolute Gasteiger partial charge is 0.495 e. The standard InChI is InChI=1S/C12H10Br2N2O2S/c1-6-5-19-12(15-6)16-11(17)8-3-7(13)4-9(14)10(8)18-2/h3-5H,1-2H3,(H,15,16,17).